The highest BCUT2D eigenvalue weighted by molar-refractivity contribution is 5.59. The predicted octanol–water partition coefficient (Wildman–Crippen LogP) is 1.87. The standard InChI is InChI=1S/C26H28N6O2/c1-30-15-22(19-5-3-2-4-6-19)28-25(30)8-7-24-27-23-16-32(20-17-34-18-20)10-9-21(23)26(29-24)31-11-13-33-14-12-31/h2-6,15,20H,9-14,16-18H2,1H3. The van der Waals surface area contributed by atoms with Crippen LogP contribution in [0.2, 0.25) is 0 Å². The molecule has 0 amide bonds. The monoisotopic (exact) mass is 456 g/mol. The Kier molecular flexibility index (Phi) is 5.75. The van der Waals surface area contributed by atoms with Crippen molar-refractivity contribution in [2.24, 2.45) is 7.05 Å². The summed E-state index contributed by atoms with van der Waals surface area (Å²) in [6, 6.07) is 10.6. The second-order valence-corrected chi connectivity index (χ2v) is 8.98. The molecule has 2 saturated heterocycles. The van der Waals surface area contributed by atoms with Gasteiger partial charge in [0, 0.05) is 50.6 Å². The van der Waals surface area contributed by atoms with Crippen LogP contribution in [0.25, 0.3) is 11.3 Å². The first-order valence-electron chi connectivity index (χ1n) is 11.9. The van der Waals surface area contributed by atoms with Crippen molar-refractivity contribution in [2.75, 3.05) is 51.0 Å². The summed E-state index contributed by atoms with van der Waals surface area (Å²) < 4.78 is 13.0. The minimum atomic E-state index is 0.494. The van der Waals surface area contributed by atoms with Crippen molar-refractivity contribution < 1.29 is 9.47 Å². The Hall–Kier alpha value is -3.25. The van der Waals surface area contributed by atoms with Crippen LogP contribution < -0.4 is 4.90 Å². The molecule has 0 bridgehead atoms. The highest BCUT2D eigenvalue weighted by Gasteiger charge is 2.32. The molecular weight excluding hydrogens is 428 g/mol. The summed E-state index contributed by atoms with van der Waals surface area (Å²) >= 11 is 0. The molecule has 174 valence electrons. The van der Waals surface area contributed by atoms with E-state index in [9.17, 15) is 0 Å². The van der Waals surface area contributed by atoms with Gasteiger partial charge in [-0.25, -0.2) is 15.0 Å². The number of aryl methyl sites for hydroxylation is 1. The summed E-state index contributed by atoms with van der Waals surface area (Å²) in [6.07, 6.45) is 2.96. The number of morpholine rings is 1. The minimum Gasteiger partial charge on any atom is -0.378 e. The number of aromatic nitrogens is 4. The Morgan fingerprint density at radius 2 is 1.76 bits per heavy atom. The molecule has 3 aliphatic rings. The lowest BCUT2D eigenvalue weighted by molar-refractivity contribution is -0.0699. The average molecular weight is 457 g/mol. The smallest absolute Gasteiger partial charge is 0.207 e. The second kappa shape index (κ2) is 9.18. The van der Waals surface area contributed by atoms with Gasteiger partial charge in [0.05, 0.1) is 43.9 Å². The van der Waals surface area contributed by atoms with Crippen LogP contribution in [0.3, 0.4) is 0 Å². The van der Waals surface area contributed by atoms with Gasteiger partial charge >= 0.3 is 0 Å². The fourth-order valence-corrected chi connectivity index (χ4v) is 4.71. The quantitative estimate of drug-likeness (QED) is 0.558. The zero-order valence-electron chi connectivity index (χ0n) is 19.4. The zero-order chi connectivity index (χ0) is 22.9. The van der Waals surface area contributed by atoms with Crippen molar-refractivity contribution in [2.45, 2.75) is 19.0 Å². The molecule has 5 heterocycles. The summed E-state index contributed by atoms with van der Waals surface area (Å²) in [7, 11) is 1.97. The molecule has 3 aromatic rings. The number of nitrogens with zero attached hydrogens (tertiary/aromatic N) is 6. The van der Waals surface area contributed by atoms with E-state index in [4.69, 9.17) is 24.4 Å². The molecule has 0 aliphatic carbocycles. The largest absolute Gasteiger partial charge is 0.378 e. The lowest BCUT2D eigenvalue weighted by Gasteiger charge is -2.40. The van der Waals surface area contributed by atoms with Crippen molar-refractivity contribution in [3.8, 4) is 23.1 Å². The third-order valence-corrected chi connectivity index (χ3v) is 6.75. The van der Waals surface area contributed by atoms with Gasteiger partial charge in [-0.1, -0.05) is 30.3 Å². The highest BCUT2D eigenvalue weighted by atomic mass is 16.5. The van der Waals surface area contributed by atoms with Crippen LogP contribution in [-0.2, 0) is 29.5 Å². The maximum absolute atomic E-state index is 5.58. The number of rotatable bonds is 3. The summed E-state index contributed by atoms with van der Waals surface area (Å²) in [6.45, 7) is 6.59. The number of benzene rings is 1. The van der Waals surface area contributed by atoms with Gasteiger partial charge < -0.3 is 18.9 Å². The average Bonchev–Trinajstić information content (AvgIpc) is 3.22. The number of hydrogen-bond acceptors (Lipinski definition) is 7. The Balaban J connectivity index is 1.34. The van der Waals surface area contributed by atoms with E-state index < -0.39 is 0 Å². The van der Waals surface area contributed by atoms with Crippen molar-refractivity contribution >= 4 is 5.82 Å². The normalized spacial score (nSPS) is 18.7. The van der Waals surface area contributed by atoms with Crippen molar-refractivity contribution in [1.82, 2.24) is 24.4 Å². The number of ether oxygens (including phenoxy) is 2. The number of hydrogen-bond donors (Lipinski definition) is 0. The molecule has 34 heavy (non-hydrogen) atoms. The Morgan fingerprint density at radius 1 is 0.941 bits per heavy atom. The lowest BCUT2D eigenvalue weighted by Crippen LogP contribution is -2.51. The summed E-state index contributed by atoms with van der Waals surface area (Å²) in [4.78, 5) is 19.4. The van der Waals surface area contributed by atoms with E-state index in [0.29, 0.717) is 17.7 Å². The van der Waals surface area contributed by atoms with Gasteiger partial charge in [-0.05, 0) is 18.3 Å². The van der Waals surface area contributed by atoms with E-state index in [1.54, 1.807) is 0 Å². The molecule has 8 heteroatoms. The molecule has 6 rings (SSSR count). The van der Waals surface area contributed by atoms with E-state index in [2.05, 4.69) is 33.8 Å². The van der Waals surface area contributed by atoms with Crippen LogP contribution in [0.5, 0.6) is 0 Å². The van der Waals surface area contributed by atoms with Gasteiger partial charge in [0.2, 0.25) is 5.82 Å². The van der Waals surface area contributed by atoms with Crippen LogP contribution in [0, 0.1) is 11.8 Å². The number of anilines is 1. The van der Waals surface area contributed by atoms with Crippen LogP contribution in [0.4, 0.5) is 5.82 Å². The molecule has 8 nitrogen and oxygen atoms in total. The number of fused-ring (bicyclic) bond motifs is 1. The Bertz CT molecular complexity index is 1240. The van der Waals surface area contributed by atoms with Gasteiger partial charge in [0.25, 0.3) is 0 Å². The van der Waals surface area contributed by atoms with Crippen molar-refractivity contribution in [3.05, 3.63) is 59.4 Å². The van der Waals surface area contributed by atoms with Crippen molar-refractivity contribution in [1.29, 1.82) is 0 Å². The second-order valence-electron chi connectivity index (χ2n) is 8.98. The van der Waals surface area contributed by atoms with Crippen LogP contribution >= 0.6 is 0 Å². The fraction of sp³-hybridized carbons (Fsp3) is 0.423. The Morgan fingerprint density at radius 3 is 2.53 bits per heavy atom. The Labute approximate surface area is 199 Å². The molecule has 1 aromatic carbocycles. The molecule has 0 spiro atoms. The first-order chi connectivity index (χ1) is 16.7. The molecule has 2 fully saturated rings. The zero-order valence-corrected chi connectivity index (χ0v) is 19.4. The van der Waals surface area contributed by atoms with Gasteiger partial charge in [-0.2, -0.15) is 0 Å². The molecule has 0 saturated carbocycles. The lowest BCUT2D eigenvalue weighted by atomic mass is 10.0. The predicted molar refractivity (Wildman–Crippen MR) is 128 cm³/mol. The van der Waals surface area contributed by atoms with E-state index in [1.165, 1.54) is 5.56 Å². The highest BCUT2D eigenvalue weighted by Crippen LogP contribution is 2.29. The molecule has 0 N–H and O–H groups in total. The summed E-state index contributed by atoms with van der Waals surface area (Å²) in [5, 5.41) is 0. The van der Waals surface area contributed by atoms with Crippen LogP contribution in [0.1, 0.15) is 22.9 Å². The van der Waals surface area contributed by atoms with Crippen LogP contribution in [0.15, 0.2) is 36.5 Å². The molecule has 0 unspecified atom stereocenters. The van der Waals surface area contributed by atoms with E-state index >= 15 is 0 Å². The maximum Gasteiger partial charge on any atom is 0.207 e. The maximum atomic E-state index is 5.58. The number of imidazole rings is 1. The molecule has 0 radical (unpaired) electrons. The van der Waals surface area contributed by atoms with Gasteiger partial charge in [-0.15, -0.1) is 0 Å². The molecule has 0 atom stereocenters. The fourth-order valence-electron chi connectivity index (χ4n) is 4.71. The topological polar surface area (TPSA) is 68.5 Å². The SMILES string of the molecule is Cn1cc(-c2ccccc2)nc1C#Cc1nc2c(c(N3CCOCC3)n1)CCN(C1COC1)C2. The van der Waals surface area contributed by atoms with E-state index in [1.807, 2.05) is 36.0 Å². The van der Waals surface area contributed by atoms with E-state index in [0.717, 1.165) is 81.8 Å². The van der Waals surface area contributed by atoms with Crippen LogP contribution in [-0.4, -0.2) is 76.5 Å². The molecule has 2 aromatic heterocycles. The van der Waals surface area contributed by atoms with Gasteiger partial charge in [0.15, 0.2) is 5.82 Å². The van der Waals surface area contributed by atoms with E-state index in [-0.39, 0.29) is 0 Å². The molecule has 3 aliphatic heterocycles. The molecular formula is C26H28N6O2. The summed E-state index contributed by atoms with van der Waals surface area (Å²) in [5.74, 6) is 8.69. The minimum absolute atomic E-state index is 0.494. The third kappa shape index (κ3) is 4.18. The van der Waals surface area contributed by atoms with Gasteiger partial charge in [0.1, 0.15) is 5.82 Å². The van der Waals surface area contributed by atoms with Crippen molar-refractivity contribution in [3.63, 3.8) is 0 Å². The van der Waals surface area contributed by atoms with Gasteiger partial charge in [-0.3, -0.25) is 4.90 Å². The first-order valence-corrected chi connectivity index (χ1v) is 11.9. The summed E-state index contributed by atoms with van der Waals surface area (Å²) in [5.41, 5.74) is 4.33. The third-order valence-electron chi connectivity index (χ3n) is 6.75. The first kappa shape index (κ1) is 21.3.